The summed E-state index contributed by atoms with van der Waals surface area (Å²) in [5.41, 5.74) is 0. The third kappa shape index (κ3) is 48.9. The summed E-state index contributed by atoms with van der Waals surface area (Å²) in [7, 11) is -4.78. The van der Waals surface area contributed by atoms with Gasteiger partial charge in [-0.05, 0) is 116 Å². The molecule has 0 aliphatic rings. The van der Waals surface area contributed by atoms with E-state index in [1.54, 1.807) is 0 Å². The quantitative estimate of drug-likeness (QED) is 0.0197. The molecule has 0 aliphatic carbocycles. The van der Waals surface area contributed by atoms with E-state index in [1.165, 1.54) is 19.3 Å². The van der Waals surface area contributed by atoms with Crippen LogP contribution in [0.4, 0.5) is 0 Å². The maximum absolute atomic E-state index is 12.9. The van der Waals surface area contributed by atoms with Crippen molar-refractivity contribution in [3.63, 3.8) is 0 Å². The second kappa shape index (κ2) is 51.2. The third-order valence-electron chi connectivity index (χ3n) is 10.4. The zero-order chi connectivity index (χ0) is 51.3. The number of hydrogen-bond acceptors (Lipinski definition) is 10. The molecule has 0 aromatic carbocycles. The van der Waals surface area contributed by atoms with Gasteiger partial charge in [-0.1, -0.05) is 174 Å². The van der Waals surface area contributed by atoms with Gasteiger partial charge >= 0.3 is 25.7 Å². The molecule has 0 aliphatic heterocycles. The lowest BCUT2D eigenvalue weighted by Crippen LogP contribution is -2.30. The normalized spacial score (nSPS) is 14.4. The van der Waals surface area contributed by atoms with Crippen molar-refractivity contribution in [2.24, 2.45) is 0 Å². The summed E-state index contributed by atoms with van der Waals surface area (Å²) in [6.07, 6.45) is 61.9. The first-order chi connectivity index (χ1) is 34.2. The first kappa shape index (κ1) is 65.9. The molecule has 70 heavy (non-hydrogen) atoms. The molecular weight excluding hydrogens is 904 g/mol. The number of phosphoric ester groups is 1. The van der Waals surface area contributed by atoms with Crippen molar-refractivity contribution in [2.45, 2.75) is 200 Å². The minimum Gasteiger partial charge on any atom is -0.462 e. The number of hydrogen-bond donors (Lipinski definition) is 2. The lowest BCUT2D eigenvalue weighted by Gasteiger charge is -2.21. The number of aliphatic hydroxyl groups excluding tert-OH is 1. The van der Waals surface area contributed by atoms with Crippen molar-refractivity contribution in [3.8, 4) is 0 Å². The Labute approximate surface area is 424 Å². The van der Waals surface area contributed by atoms with Gasteiger partial charge in [0, 0.05) is 19.3 Å². The lowest BCUT2D eigenvalue weighted by molar-refractivity contribution is -0.161. The lowest BCUT2D eigenvalue weighted by atomic mass is 10.1. The molecule has 396 valence electrons. The van der Waals surface area contributed by atoms with Gasteiger partial charge in [0.15, 0.2) is 6.10 Å². The average molecular weight is 997 g/mol. The molecule has 0 aromatic heterocycles. The molecule has 12 heteroatoms. The summed E-state index contributed by atoms with van der Waals surface area (Å²) in [5.74, 6) is -1.64. The smallest absolute Gasteiger partial charge is 0.462 e. The van der Waals surface area contributed by atoms with Crippen molar-refractivity contribution in [3.05, 3.63) is 122 Å². The Morgan fingerprint density at radius 3 is 1.26 bits per heavy atom. The van der Waals surface area contributed by atoms with Crippen molar-refractivity contribution in [2.75, 3.05) is 26.4 Å². The largest absolute Gasteiger partial charge is 0.472 e. The van der Waals surface area contributed by atoms with E-state index in [9.17, 15) is 28.9 Å². The number of phosphoric acid groups is 1. The van der Waals surface area contributed by atoms with Gasteiger partial charge in [0.05, 0.1) is 19.8 Å². The predicted molar refractivity (Wildman–Crippen MR) is 288 cm³/mol. The molecular formula is C58H93O11P. The van der Waals surface area contributed by atoms with E-state index < -0.39 is 57.8 Å². The highest BCUT2D eigenvalue weighted by Gasteiger charge is 2.28. The number of allylic oxidation sites excluding steroid dienone is 20. The fraction of sp³-hybridized carbons (Fsp3) is 0.603. The number of aliphatic hydroxyl groups is 1. The highest BCUT2D eigenvalue weighted by atomic mass is 31.2. The van der Waals surface area contributed by atoms with Gasteiger partial charge in [-0.2, -0.15) is 0 Å². The van der Waals surface area contributed by atoms with Gasteiger partial charge in [-0.3, -0.25) is 23.4 Å². The molecule has 0 saturated heterocycles. The topological polar surface area (TPSA) is 155 Å². The van der Waals surface area contributed by atoms with E-state index in [4.69, 9.17) is 23.3 Å². The summed E-state index contributed by atoms with van der Waals surface area (Å²) in [5, 5.41) is 9.76. The van der Waals surface area contributed by atoms with Crippen molar-refractivity contribution in [1.82, 2.24) is 0 Å². The molecule has 0 radical (unpaired) electrons. The summed E-state index contributed by atoms with van der Waals surface area (Å²) in [6.45, 7) is 4.20. The van der Waals surface area contributed by atoms with Crippen LogP contribution >= 0.6 is 7.82 Å². The Kier molecular flexibility index (Phi) is 48.2. The molecule has 0 spiro atoms. The molecule has 3 unspecified atom stereocenters. The number of ether oxygens (including phenoxy) is 3. The summed E-state index contributed by atoms with van der Waals surface area (Å²) >= 11 is 0. The number of esters is 3. The molecule has 3 atom stereocenters. The van der Waals surface area contributed by atoms with Crippen molar-refractivity contribution < 1.29 is 52.2 Å². The third-order valence-corrected chi connectivity index (χ3v) is 11.3. The maximum Gasteiger partial charge on any atom is 0.472 e. The van der Waals surface area contributed by atoms with E-state index in [0.717, 1.165) is 109 Å². The predicted octanol–water partition coefficient (Wildman–Crippen LogP) is 15.2. The fourth-order valence-corrected chi connectivity index (χ4v) is 7.17. The highest BCUT2D eigenvalue weighted by molar-refractivity contribution is 7.47. The van der Waals surface area contributed by atoms with Gasteiger partial charge in [0.25, 0.3) is 0 Å². The van der Waals surface area contributed by atoms with Crippen LogP contribution in [0, 0.1) is 0 Å². The second-order valence-electron chi connectivity index (χ2n) is 16.9. The summed E-state index contributed by atoms with van der Waals surface area (Å²) in [4.78, 5) is 48.3. The average Bonchev–Trinajstić information content (AvgIpc) is 3.35. The maximum atomic E-state index is 12.9. The first-order valence-corrected chi connectivity index (χ1v) is 27.9. The standard InChI is InChI=1S/C58H93O11P/c1-4-7-10-13-16-19-22-25-27-30-32-35-38-41-44-47-56(60)65-51-55(69-58(62)49-46-43-40-37-34-31-28-26-23-20-17-14-11-8-5-2)53-67-70(63,64)66-52-54(50-59)68-57(61)48-45-42-39-36-33-29-24-21-18-15-12-9-6-3/h8-9,11-12,16-21,25-29,33-34,37,39,42,54-55,59H,4-7,10,13-15,22-24,30-32,35-36,38,40-41,43-53H2,1-3H3,(H,63,64)/b11-8-,12-9-,19-16-,20-17-,21-18-,27-25-,28-26-,33-29-,37-34-,42-39-. The van der Waals surface area contributed by atoms with Crippen LogP contribution in [0.5, 0.6) is 0 Å². The van der Waals surface area contributed by atoms with Gasteiger partial charge in [-0.15, -0.1) is 0 Å². The van der Waals surface area contributed by atoms with Crippen LogP contribution in [0.2, 0.25) is 0 Å². The molecule has 0 heterocycles. The van der Waals surface area contributed by atoms with E-state index >= 15 is 0 Å². The minimum atomic E-state index is -4.78. The second-order valence-corrected chi connectivity index (χ2v) is 18.4. The van der Waals surface area contributed by atoms with Crippen molar-refractivity contribution >= 4 is 25.7 Å². The molecule has 0 fully saturated rings. The zero-order valence-electron chi connectivity index (χ0n) is 43.4. The van der Waals surface area contributed by atoms with Crippen LogP contribution in [0.3, 0.4) is 0 Å². The van der Waals surface area contributed by atoms with Gasteiger partial charge < -0.3 is 24.2 Å². The summed E-state index contributed by atoms with van der Waals surface area (Å²) in [6, 6.07) is 0. The molecule has 2 N–H and O–H groups in total. The van der Waals surface area contributed by atoms with E-state index in [1.807, 2.05) is 18.2 Å². The van der Waals surface area contributed by atoms with Crippen LogP contribution in [-0.4, -0.2) is 66.5 Å². The monoisotopic (exact) mass is 997 g/mol. The van der Waals surface area contributed by atoms with Gasteiger partial charge in [0.1, 0.15) is 12.7 Å². The first-order valence-electron chi connectivity index (χ1n) is 26.4. The molecule has 0 rings (SSSR count). The highest BCUT2D eigenvalue weighted by Crippen LogP contribution is 2.43. The molecule has 0 saturated carbocycles. The van der Waals surface area contributed by atoms with Crippen LogP contribution in [-0.2, 0) is 42.2 Å². The van der Waals surface area contributed by atoms with Crippen molar-refractivity contribution in [1.29, 1.82) is 0 Å². The number of rotatable bonds is 47. The Balaban J connectivity index is 4.91. The van der Waals surface area contributed by atoms with Gasteiger partial charge in [-0.25, -0.2) is 4.57 Å². The Morgan fingerprint density at radius 2 is 0.771 bits per heavy atom. The van der Waals surface area contributed by atoms with E-state index in [2.05, 4.69) is 124 Å². The Morgan fingerprint density at radius 1 is 0.414 bits per heavy atom. The van der Waals surface area contributed by atoms with Crippen LogP contribution in [0.1, 0.15) is 188 Å². The minimum absolute atomic E-state index is 0.0454. The SMILES string of the molecule is CC/C=C\C/C=C\C/C=C\C/C=C\CCCCC(=O)OC(COC(=O)CCCCCCC/C=C\C/C=C\CCCCC)COP(=O)(O)OCC(CO)OC(=O)CC/C=C\C/C=C\C/C=C\C/C=C\CC. The van der Waals surface area contributed by atoms with Crippen LogP contribution < -0.4 is 0 Å². The molecule has 0 amide bonds. The van der Waals surface area contributed by atoms with Crippen LogP contribution in [0.15, 0.2) is 122 Å². The van der Waals surface area contributed by atoms with E-state index in [0.29, 0.717) is 19.3 Å². The van der Waals surface area contributed by atoms with Gasteiger partial charge in [0.2, 0.25) is 0 Å². The van der Waals surface area contributed by atoms with Crippen LogP contribution in [0.25, 0.3) is 0 Å². The molecule has 0 bridgehead atoms. The zero-order valence-corrected chi connectivity index (χ0v) is 44.3. The number of carbonyl (C=O) groups excluding carboxylic acids is 3. The fourth-order valence-electron chi connectivity index (χ4n) is 6.39. The van der Waals surface area contributed by atoms with E-state index in [-0.39, 0.29) is 25.9 Å². The summed E-state index contributed by atoms with van der Waals surface area (Å²) < 4.78 is 39.2. The Bertz CT molecular complexity index is 1630. The molecule has 0 aromatic rings. The molecule has 11 nitrogen and oxygen atoms in total. The number of unbranched alkanes of at least 4 members (excludes halogenated alkanes) is 10. The number of carbonyl (C=O) groups is 3. The Hall–Kier alpha value is -4.12.